The first kappa shape index (κ1) is 25.0. The summed E-state index contributed by atoms with van der Waals surface area (Å²) in [6.45, 7) is 5.38. The number of carbonyl (C=O) groups is 2. The predicted molar refractivity (Wildman–Crippen MR) is 127 cm³/mol. The molecule has 0 saturated carbocycles. The van der Waals surface area contributed by atoms with Gasteiger partial charge >= 0.3 is 6.09 Å². The fraction of sp³-hybridized carbons (Fsp3) is 0.542. The quantitative estimate of drug-likeness (QED) is 0.486. The van der Waals surface area contributed by atoms with Gasteiger partial charge in [-0.25, -0.2) is 9.78 Å². The van der Waals surface area contributed by atoms with E-state index in [1.165, 1.54) is 0 Å². The summed E-state index contributed by atoms with van der Waals surface area (Å²) in [5.41, 5.74) is 1.64. The fourth-order valence-corrected chi connectivity index (χ4v) is 4.74. The molecule has 1 fully saturated rings. The Morgan fingerprint density at radius 2 is 1.91 bits per heavy atom. The van der Waals surface area contributed by atoms with Crippen molar-refractivity contribution in [1.29, 1.82) is 0 Å². The molecule has 8 nitrogen and oxygen atoms in total. The Kier molecular flexibility index (Phi) is 9.05. The van der Waals surface area contributed by atoms with Gasteiger partial charge in [-0.1, -0.05) is 0 Å². The highest BCUT2D eigenvalue weighted by Gasteiger charge is 2.25. The highest BCUT2D eigenvalue weighted by Crippen LogP contribution is 2.33. The number of rotatable bonds is 10. The van der Waals surface area contributed by atoms with Crippen molar-refractivity contribution in [3.8, 4) is 23.0 Å². The van der Waals surface area contributed by atoms with Crippen LogP contribution in [0.15, 0.2) is 22.6 Å². The Balaban J connectivity index is 1.46. The number of carbonyl (C=O) groups excluding carboxylic acids is 2. The van der Waals surface area contributed by atoms with Crippen molar-refractivity contribution in [1.82, 2.24) is 9.88 Å². The first-order valence-corrected chi connectivity index (χ1v) is 12.3. The molecule has 9 heteroatoms. The van der Waals surface area contributed by atoms with Gasteiger partial charge in [0.1, 0.15) is 11.5 Å². The molecule has 3 rings (SSSR count). The van der Waals surface area contributed by atoms with Gasteiger partial charge in [0.2, 0.25) is 5.89 Å². The maximum absolute atomic E-state index is 12.5. The Bertz CT molecular complexity index is 952. The molecule has 0 unspecified atom stereocenters. The first-order valence-electron chi connectivity index (χ1n) is 11.1. The maximum Gasteiger partial charge on any atom is 0.409 e. The molecule has 0 radical (unpaired) electrons. The summed E-state index contributed by atoms with van der Waals surface area (Å²) >= 11 is 1.55. The van der Waals surface area contributed by atoms with Crippen molar-refractivity contribution >= 4 is 23.6 Å². The van der Waals surface area contributed by atoms with Crippen molar-refractivity contribution in [2.45, 2.75) is 38.9 Å². The van der Waals surface area contributed by atoms with Crippen LogP contribution in [0.1, 0.15) is 37.6 Å². The Morgan fingerprint density at radius 3 is 2.58 bits per heavy atom. The monoisotopic (exact) mass is 476 g/mol. The minimum atomic E-state index is -0.256. The molecule has 1 saturated heterocycles. The van der Waals surface area contributed by atoms with Crippen LogP contribution >= 0.6 is 11.8 Å². The molecule has 180 valence electrons. The molecule has 0 bridgehead atoms. The van der Waals surface area contributed by atoms with Gasteiger partial charge in [0.15, 0.2) is 11.5 Å². The van der Waals surface area contributed by atoms with E-state index in [1.807, 2.05) is 25.1 Å². The van der Waals surface area contributed by atoms with Crippen molar-refractivity contribution in [3.05, 3.63) is 29.7 Å². The number of piperidine rings is 1. The average Bonchev–Trinajstić information content (AvgIpc) is 3.19. The molecule has 1 aliphatic rings. The zero-order valence-corrected chi connectivity index (χ0v) is 20.5. The average molecular weight is 477 g/mol. The molecule has 0 spiro atoms. The number of hydrogen-bond acceptors (Lipinski definition) is 8. The molecule has 0 atom stereocenters. The third-order valence-corrected chi connectivity index (χ3v) is 6.69. The van der Waals surface area contributed by atoms with Gasteiger partial charge in [-0.05, 0) is 50.8 Å². The summed E-state index contributed by atoms with van der Waals surface area (Å²) in [7, 11) is 3.18. The molecule has 33 heavy (non-hydrogen) atoms. The van der Waals surface area contributed by atoms with Gasteiger partial charge in [0, 0.05) is 30.8 Å². The highest BCUT2D eigenvalue weighted by molar-refractivity contribution is 7.99. The van der Waals surface area contributed by atoms with E-state index < -0.39 is 0 Å². The standard InChI is InChI=1S/C24H32N2O6S/c1-5-31-24(28)26-10-8-17(9-11-26)12-19(27)14-33-15-20-16(2)32-23(25-20)18-6-7-21(29-3)22(13-18)30-4/h6-7,13,17H,5,8-12,14-15H2,1-4H3. The number of oxazole rings is 1. The molecule has 2 heterocycles. The van der Waals surface area contributed by atoms with E-state index in [2.05, 4.69) is 4.98 Å². The Morgan fingerprint density at radius 1 is 1.18 bits per heavy atom. The topological polar surface area (TPSA) is 91.1 Å². The minimum absolute atomic E-state index is 0.232. The van der Waals surface area contributed by atoms with Crippen molar-refractivity contribution in [2.75, 3.05) is 39.7 Å². The van der Waals surface area contributed by atoms with Gasteiger partial charge in [-0.3, -0.25) is 4.79 Å². The molecular weight excluding hydrogens is 444 g/mol. The van der Waals surface area contributed by atoms with Crippen LogP contribution in [0.5, 0.6) is 11.5 Å². The second-order valence-corrected chi connectivity index (χ2v) is 8.94. The minimum Gasteiger partial charge on any atom is -0.493 e. The van der Waals surface area contributed by atoms with E-state index in [-0.39, 0.29) is 11.9 Å². The summed E-state index contributed by atoms with van der Waals surface area (Å²) in [6, 6.07) is 5.52. The van der Waals surface area contributed by atoms with Crippen LogP contribution in [-0.4, -0.2) is 61.4 Å². The van der Waals surface area contributed by atoms with Gasteiger partial charge in [0.25, 0.3) is 0 Å². The van der Waals surface area contributed by atoms with Crippen LogP contribution in [0.25, 0.3) is 11.5 Å². The van der Waals surface area contributed by atoms with Crippen LogP contribution in [0, 0.1) is 12.8 Å². The molecule has 0 N–H and O–H groups in total. The lowest BCUT2D eigenvalue weighted by atomic mass is 9.92. The lowest BCUT2D eigenvalue weighted by Crippen LogP contribution is -2.39. The summed E-state index contributed by atoms with van der Waals surface area (Å²) in [5.74, 6) is 4.12. The third-order valence-electron chi connectivity index (χ3n) is 5.68. The smallest absolute Gasteiger partial charge is 0.409 e. The van der Waals surface area contributed by atoms with Crippen molar-refractivity contribution in [2.24, 2.45) is 5.92 Å². The third kappa shape index (κ3) is 6.66. The summed E-state index contributed by atoms with van der Waals surface area (Å²) < 4.78 is 21.5. The number of aromatic nitrogens is 1. The molecule has 1 aromatic carbocycles. The zero-order chi connectivity index (χ0) is 23.8. The SMILES string of the molecule is CCOC(=O)N1CCC(CC(=O)CSCc2nc(-c3ccc(OC)c(OC)c3)oc2C)CC1. The number of thioether (sulfide) groups is 1. The molecular formula is C24H32N2O6S. The van der Waals surface area contributed by atoms with E-state index in [9.17, 15) is 9.59 Å². The number of likely N-dealkylation sites (tertiary alicyclic amines) is 1. The molecule has 0 aliphatic carbocycles. The second-order valence-electron chi connectivity index (χ2n) is 7.96. The van der Waals surface area contributed by atoms with Crippen molar-refractivity contribution < 1.29 is 28.2 Å². The number of benzene rings is 1. The first-order chi connectivity index (χ1) is 15.9. The van der Waals surface area contributed by atoms with Crippen LogP contribution in [0.3, 0.4) is 0 Å². The van der Waals surface area contributed by atoms with E-state index in [0.717, 1.165) is 29.9 Å². The predicted octanol–water partition coefficient (Wildman–Crippen LogP) is 4.73. The second kappa shape index (κ2) is 12.0. The van der Waals surface area contributed by atoms with Gasteiger partial charge in [-0.15, -0.1) is 11.8 Å². The lowest BCUT2D eigenvalue weighted by Gasteiger charge is -2.30. The van der Waals surface area contributed by atoms with Gasteiger partial charge < -0.3 is 23.5 Å². The Labute approximate surface area is 199 Å². The number of ether oxygens (including phenoxy) is 3. The van der Waals surface area contributed by atoms with Crippen LogP contribution in [0.2, 0.25) is 0 Å². The van der Waals surface area contributed by atoms with Crippen LogP contribution in [-0.2, 0) is 15.3 Å². The Hall–Kier alpha value is -2.68. The number of ketones is 1. The van der Waals surface area contributed by atoms with E-state index in [1.54, 1.807) is 37.8 Å². The number of Topliss-reactive ketones (excluding diaryl/α,β-unsaturated/α-hetero) is 1. The number of nitrogens with zero attached hydrogens (tertiary/aromatic N) is 2. The molecule has 1 amide bonds. The number of aryl methyl sites for hydroxylation is 1. The largest absolute Gasteiger partial charge is 0.493 e. The molecule has 2 aromatic rings. The normalized spacial score (nSPS) is 14.2. The molecule has 1 aromatic heterocycles. The van der Waals surface area contributed by atoms with Crippen molar-refractivity contribution in [3.63, 3.8) is 0 Å². The van der Waals surface area contributed by atoms with E-state index in [4.69, 9.17) is 18.6 Å². The number of hydrogen-bond donors (Lipinski definition) is 0. The lowest BCUT2D eigenvalue weighted by molar-refractivity contribution is -0.117. The maximum atomic E-state index is 12.5. The van der Waals surface area contributed by atoms with Crippen LogP contribution < -0.4 is 9.47 Å². The van der Waals surface area contributed by atoms with E-state index >= 15 is 0 Å². The fourth-order valence-electron chi connectivity index (χ4n) is 3.83. The summed E-state index contributed by atoms with van der Waals surface area (Å²) in [4.78, 5) is 30.6. The zero-order valence-electron chi connectivity index (χ0n) is 19.7. The van der Waals surface area contributed by atoms with E-state index in [0.29, 0.717) is 60.9 Å². The summed E-state index contributed by atoms with van der Waals surface area (Å²) in [5, 5.41) is 0. The number of methoxy groups -OCH3 is 2. The summed E-state index contributed by atoms with van der Waals surface area (Å²) in [6.07, 6.45) is 1.98. The highest BCUT2D eigenvalue weighted by atomic mass is 32.2. The van der Waals surface area contributed by atoms with Gasteiger partial charge in [-0.2, -0.15) is 0 Å². The molecule has 1 aliphatic heterocycles. The number of amides is 1. The van der Waals surface area contributed by atoms with Crippen LogP contribution in [0.4, 0.5) is 4.79 Å². The van der Waals surface area contributed by atoms with Gasteiger partial charge in [0.05, 0.1) is 32.3 Å².